The number of hydrogen-bond acceptors (Lipinski definition) is 4. The lowest BCUT2D eigenvalue weighted by atomic mass is 10.2. The lowest BCUT2D eigenvalue weighted by Crippen LogP contribution is -2.30. The molecule has 0 unspecified atom stereocenters. The summed E-state index contributed by atoms with van der Waals surface area (Å²) < 4.78 is 8.77. The molecule has 2 heterocycles. The van der Waals surface area contributed by atoms with Crippen molar-refractivity contribution in [2.45, 2.75) is 20.0 Å². The average molecular weight is 428 g/mol. The summed E-state index contributed by atoms with van der Waals surface area (Å²) in [5, 5.41) is 5.14. The van der Waals surface area contributed by atoms with Gasteiger partial charge >= 0.3 is 0 Å². The number of carbonyl (C=O) groups excluding carboxylic acids is 1. The van der Waals surface area contributed by atoms with E-state index in [1.165, 1.54) is 10.6 Å². The van der Waals surface area contributed by atoms with Crippen LogP contribution in [0.3, 0.4) is 0 Å². The van der Waals surface area contributed by atoms with Gasteiger partial charge in [0.1, 0.15) is 11.3 Å². The summed E-state index contributed by atoms with van der Waals surface area (Å²) in [4.78, 5) is 25.4. The van der Waals surface area contributed by atoms with Crippen LogP contribution in [0.2, 0.25) is 0 Å². The van der Waals surface area contributed by atoms with E-state index in [1.54, 1.807) is 25.6 Å². The summed E-state index contributed by atoms with van der Waals surface area (Å²) in [6.45, 7) is 3.25. The van der Waals surface area contributed by atoms with Crippen molar-refractivity contribution in [3.63, 3.8) is 0 Å². The fraction of sp³-hybridized carbons (Fsp3) is 0.160. The number of hydrazone groups is 1. The van der Waals surface area contributed by atoms with Crippen LogP contribution in [0.25, 0.3) is 10.9 Å². The Morgan fingerprint density at radius 1 is 1.06 bits per heavy atom. The molecule has 0 aliphatic heterocycles. The lowest BCUT2D eigenvalue weighted by Gasteiger charge is -2.08. The van der Waals surface area contributed by atoms with E-state index in [9.17, 15) is 9.59 Å². The Kier molecular flexibility index (Phi) is 6.17. The molecule has 1 amide bonds. The monoisotopic (exact) mass is 428 g/mol. The Bertz CT molecular complexity index is 1330. The molecule has 4 aromatic rings. The molecule has 0 radical (unpaired) electrons. The van der Waals surface area contributed by atoms with E-state index in [-0.39, 0.29) is 11.1 Å². The first kappa shape index (κ1) is 21.1. The number of fused-ring (bicyclic) bond motifs is 1. The summed E-state index contributed by atoms with van der Waals surface area (Å²) in [5.41, 5.74) is 5.06. The van der Waals surface area contributed by atoms with Crippen molar-refractivity contribution >= 4 is 23.0 Å². The SMILES string of the molecule is CCn1cc(/C=N\NC(=O)c2cccn(Cc3ccc(OC)cc3)c2=O)c2ccccc21. The van der Waals surface area contributed by atoms with E-state index < -0.39 is 5.91 Å². The van der Waals surface area contributed by atoms with Gasteiger partial charge in [0.25, 0.3) is 11.5 Å². The number of aryl methyl sites for hydroxylation is 1. The topological polar surface area (TPSA) is 77.6 Å². The highest BCUT2D eigenvalue weighted by molar-refractivity contribution is 6.00. The predicted molar refractivity (Wildman–Crippen MR) is 125 cm³/mol. The van der Waals surface area contributed by atoms with Crippen LogP contribution < -0.4 is 15.7 Å². The molecule has 0 aliphatic carbocycles. The van der Waals surface area contributed by atoms with Gasteiger partial charge in [-0.25, -0.2) is 5.43 Å². The second-order valence-electron chi connectivity index (χ2n) is 7.29. The van der Waals surface area contributed by atoms with Crippen LogP contribution in [0.15, 0.2) is 83.0 Å². The number of nitrogens with zero attached hydrogens (tertiary/aromatic N) is 3. The lowest BCUT2D eigenvalue weighted by molar-refractivity contribution is 0.0953. The van der Waals surface area contributed by atoms with Crippen molar-refractivity contribution in [2.24, 2.45) is 5.10 Å². The number of carbonyl (C=O) groups is 1. The number of nitrogens with one attached hydrogen (secondary N) is 1. The summed E-state index contributed by atoms with van der Waals surface area (Å²) in [6, 6.07) is 18.6. The minimum absolute atomic E-state index is 0.0362. The van der Waals surface area contributed by atoms with Crippen molar-refractivity contribution in [3.05, 3.63) is 100 Å². The van der Waals surface area contributed by atoms with Crippen molar-refractivity contribution in [2.75, 3.05) is 7.11 Å². The predicted octanol–water partition coefficient (Wildman–Crippen LogP) is 3.64. The maximum Gasteiger partial charge on any atom is 0.276 e. The number of ether oxygens (including phenoxy) is 1. The van der Waals surface area contributed by atoms with Crippen LogP contribution in [0, 0.1) is 0 Å². The number of hydrogen-bond donors (Lipinski definition) is 1. The van der Waals surface area contributed by atoms with E-state index in [2.05, 4.69) is 22.0 Å². The number of amides is 1. The molecule has 32 heavy (non-hydrogen) atoms. The Hall–Kier alpha value is -4.13. The summed E-state index contributed by atoms with van der Waals surface area (Å²) in [7, 11) is 1.60. The Morgan fingerprint density at radius 2 is 1.84 bits per heavy atom. The van der Waals surface area contributed by atoms with E-state index in [0.717, 1.165) is 34.3 Å². The molecule has 4 rings (SSSR count). The number of aromatic nitrogens is 2. The molecule has 0 spiro atoms. The molecule has 0 saturated carbocycles. The number of para-hydroxylation sites is 1. The highest BCUT2D eigenvalue weighted by atomic mass is 16.5. The standard InChI is InChI=1S/C25H24N4O3/c1-3-28-17-19(21-7-4-5-9-23(21)28)15-26-27-24(30)22-8-6-14-29(25(22)31)16-18-10-12-20(32-2)13-11-18/h4-15,17H,3,16H2,1-2H3,(H,27,30)/b26-15-. The molecule has 0 fully saturated rings. The third kappa shape index (κ3) is 4.32. The maximum absolute atomic E-state index is 12.8. The average Bonchev–Trinajstić information content (AvgIpc) is 3.18. The van der Waals surface area contributed by atoms with Gasteiger partial charge in [-0.15, -0.1) is 0 Å². The fourth-order valence-electron chi connectivity index (χ4n) is 3.62. The molecule has 7 heteroatoms. The molecule has 2 aromatic heterocycles. The molecule has 0 bridgehead atoms. The number of benzene rings is 2. The number of rotatable bonds is 7. The molecule has 0 atom stereocenters. The largest absolute Gasteiger partial charge is 0.497 e. The zero-order valence-electron chi connectivity index (χ0n) is 18.0. The van der Waals surface area contributed by atoms with Crippen molar-refractivity contribution in [3.8, 4) is 5.75 Å². The molecule has 0 saturated heterocycles. The van der Waals surface area contributed by atoms with Gasteiger partial charge in [-0.05, 0) is 42.8 Å². The first-order valence-corrected chi connectivity index (χ1v) is 10.3. The van der Waals surface area contributed by atoms with E-state index in [0.29, 0.717) is 6.54 Å². The third-order valence-corrected chi connectivity index (χ3v) is 5.31. The number of methoxy groups -OCH3 is 1. The second kappa shape index (κ2) is 9.34. The fourth-order valence-corrected chi connectivity index (χ4v) is 3.62. The molecule has 2 aromatic carbocycles. The molecular weight excluding hydrogens is 404 g/mol. The highest BCUT2D eigenvalue weighted by Gasteiger charge is 2.12. The second-order valence-corrected chi connectivity index (χ2v) is 7.29. The van der Waals surface area contributed by atoms with Gasteiger partial charge < -0.3 is 13.9 Å². The van der Waals surface area contributed by atoms with Crippen molar-refractivity contribution < 1.29 is 9.53 Å². The summed E-state index contributed by atoms with van der Waals surface area (Å²) in [6.07, 6.45) is 5.25. The van der Waals surface area contributed by atoms with Crippen LogP contribution in [0.5, 0.6) is 5.75 Å². The molecule has 7 nitrogen and oxygen atoms in total. The van der Waals surface area contributed by atoms with E-state index in [4.69, 9.17) is 4.74 Å². The Morgan fingerprint density at radius 3 is 2.59 bits per heavy atom. The molecule has 162 valence electrons. The van der Waals surface area contributed by atoms with Crippen molar-refractivity contribution in [1.29, 1.82) is 0 Å². The van der Waals surface area contributed by atoms with Crippen LogP contribution in [0.1, 0.15) is 28.4 Å². The quantitative estimate of drug-likeness (QED) is 0.361. The zero-order chi connectivity index (χ0) is 22.5. The Balaban J connectivity index is 1.50. The Labute approximate surface area is 185 Å². The van der Waals surface area contributed by atoms with Crippen molar-refractivity contribution in [1.82, 2.24) is 14.6 Å². The first-order chi connectivity index (χ1) is 15.6. The van der Waals surface area contributed by atoms with E-state index >= 15 is 0 Å². The smallest absolute Gasteiger partial charge is 0.276 e. The zero-order valence-corrected chi connectivity index (χ0v) is 18.0. The van der Waals surface area contributed by atoms with Gasteiger partial charge in [0.05, 0.1) is 19.9 Å². The molecular formula is C25H24N4O3. The van der Waals surface area contributed by atoms with Gasteiger partial charge in [0.15, 0.2) is 0 Å². The van der Waals surface area contributed by atoms with Gasteiger partial charge in [-0.3, -0.25) is 9.59 Å². The van der Waals surface area contributed by atoms with Crippen LogP contribution in [-0.4, -0.2) is 28.4 Å². The third-order valence-electron chi connectivity index (χ3n) is 5.31. The molecule has 0 aliphatic rings. The first-order valence-electron chi connectivity index (χ1n) is 10.3. The van der Waals surface area contributed by atoms with Gasteiger partial charge in [-0.2, -0.15) is 5.10 Å². The highest BCUT2D eigenvalue weighted by Crippen LogP contribution is 2.19. The normalized spacial score (nSPS) is 11.2. The summed E-state index contributed by atoms with van der Waals surface area (Å²) >= 11 is 0. The number of pyridine rings is 1. The van der Waals surface area contributed by atoms with Gasteiger partial charge in [0, 0.05) is 35.4 Å². The summed E-state index contributed by atoms with van der Waals surface area (Å²) in [5.74, 6) is 0.198. The van der Waals surface area contributed by atoms with E-state index in [1.807, 2.05) is 54.7 Å². The van der Waals surface area contributed by atoms with Gasteiger partial charge in [-0.1, -0.05) is 30.3 Å². The minimum Gasteiger partial charge on any atom is -0.497 e. The van der Waals surface area contributed by atoms with Crippen LogP contribution in [-0.2, 0) is 13.1 Å². The van der Waals surface area contributed by atoms with Gasteiger partial charge in [0.2, 0.25) is 0 Å². The molecule has 1 N–H and O–H groups in total. The minimum atomic E-state index is -0.547. The van der Waals surface area contributed by atoms with Crippen LogP contribution in [0.4, 0.5) is 0 Å². The maximum atomic E-state index is 12.8. The van der Waals surface area contributed by atoms with Crippen LogP contribution >= 0.6 is 0 Å².